The van der Waals surface area contributed by atoms with Crippen molar-refractivity contribution in [1.82, 2.24) is 5.06 Å². The van der Waals surface area contributed by atoms with Crippen LogP contribution >= 0.6 is 10.7 Å². The lowest BCUT2D eigenvalue weighted by Gasteiger charge is -2.13. The van der Waals surface area contributed by atoms with Gasteiger partial charge in [-0.15, -0.1) is 0 Å². The Balaban J connectivity index is 0. The van der Waals surface area contributed by atoms with Crippen molar-refractivity contribution in [3.63, 3.8) is 0 Å². The number of carbonyl (C=O) groups excluding carboxylic acids is 1. The van der Waals surface area contributed by atoms with Crippen molar-refractivity contribution in [2.45, 2.75) is 0 Å². The molecule has 0 fully saturated rings. The summed E-state index contributed by atoms with van der Waals surface area (Å²) in [6.45, 7) is 0. The Labute approximate surface area is 192 Å². The largest absolute Gasteiger partial charge is 0.508 e. The molecule has 0 spiro atoms. The average Bonchev–Trinajstić information content (AvgIpc) is 2.70. The zero-order valence-electron chi connectivity index (χ0n) is 17.8. The first-order valence-electron chi connectivity index (χ1n) is 8.23. The lowest BCUT2D eigenvalue weighted by molar-refractivity contribution is -0.0759. The van der Waals surface area contributed by atoms with Gasteiger partial charge in [-0.05, 0) is 36.4 Å². The predicted octanol–water partition coefficient (Wildman–Crippen LogP) is 2.09. The van der Waals surface area contributed by atoms with Gasteiger partial charge >= 0.3 is 5.97 Å². The fourth-order valence-corrected chi connectivity index (χ4v) is 1.61. The highest BCUT2D eigenvalue weighted by atomic mass is 35.7. The summed E-state index contributed by atoms with van der Waals surface area (Å²) in [5.74, 6) is 0.328. The second kappa shape index (κ2) is 15.7. The number of carbonyl (C=O) groups is 2. The zero-order valence-corrected chi connectivity index (χ0v) is 19.4. The number of nitrogens with two attached hydrogens (primary N) is 1. The Kier molecular flexibility index (Phi) is 15.3. The number of carboxylic acids is 1. The van der Waals surface area contributed by atoms with E-state index in [1.807, 2.05) is 0 Å². The molecule has 11 nitrogen and oxygen atoms in total. The number of hydrogen-bond donors (Lipinski definition) is 4. The molecule has 0 heterocycles. The summed E-state index contributed by atoms with van der Waals surface area (Å²) < 4.78 is 44.4. The third-order valence-corrected chi connectivity index (χ3v) is 2.92. The fraction of sp³-hybridized carbons (Fsp3) is 0.222. The Bertz CT molecular complexity index is 1020. The monoisotopic (exact) mass is 516 g/mol. The number of phenolic OH excluding ortho intramolecular Hbond substituents is 2. The average molecular weight is 517 g/mol. The predicted molar refractivity (Wildman–Crippen MR) is 114 cm³/mol. The SMILES string of the molecule is CON.CON(C)C(=O)c1cc(O)ccc1F.CS(=O)(=O)Cl.O=C(O)c1cc(O)ccc1F. The number of aromatic carboxylic acids is 1. The number of nitrogens with zero attached hydrogens (tertiary/aromatic N) is 1. The summed E-state index contributed by atoms with van der Waals surface area (Å²) in [4.78, 5) is 30.0. The van der Waals surface area contributed by atoms with Crippen LogP contribution in [0.4, 0.5) is 8.78 Å². The maximum atomic E-state index is 13.1. The number of halogens is 3. The molecule has 2 aromatic rings. The van der Waals surface area contributed by atoms with Crippen LogP contribution in [-0.4, -0.2) is 68.2 Å². The van der Waals surface area contributed by atoms with Gasteiger partial charge in [-0.3, -0.25) is 9.63 Å². The second-order valence-electron chi connectivity index (χ2n) is 5.54. The Hall–Kier alpha value is -3.04. The summed E-state index contributed by atoms with van der Waals surface area (Å²) >= 11 is 0. The van der Waals surface area contributed by atoms with Crippen molar-refractivity contribution in [3.05, 3.63) is 59.2 Å². The molecule has 0 aromatic heterocycles. The lowest BCUT2D eigenvalue weighted by atomic mass is 10.2. The first kappa shape index (κ1) is 32.1. The Morgan fingerprint density at radius 1 is 1.00 bits per heavy atom. The summed E-state index contributed by atoms with van der Waals surface area (Å²) in [7, 11) is 5.35. The fourth-order valence-electron chi connectivity index (χ4n) is 1.61. The van der Waals surface area contributed by atoms with Crippen molar-refractivity contribution in [2.75, 3.05) is 27.5 Å². The molecular weight excluding hydrogens is 494 g/mol. The van der Waals surface area contributed by atoms with Gasteiger partial charge in [-0.2, -0.15) is 0 Å². The first-order chi connectivity index (χ1) is 15.1. The smallest absolute Gasteiger partial charge is 0.338 e. The zero-order chi connectivity index (χ0) is 26.4. The number of hydrogen-bond acceptors (Lipinski definition) is 9. The minimum atomic E-state index is -3.19. The standard InChI is InChI=1S/C9H10FNO3.C7H5FO3.CH3ClO2S.CH5NO/c1-11(14-2)9(13)7-5-6(12)3-4-8(7)10;8-6-2-1-4(9)3-5(6)7(10)11;1-5(2,3)4;1-3-2/h3-5,12H,1-2H3;1-3,9H,(H,10,11);1H3;2H2,1H3. The van der Waals surface area contributed by atoms with E-state index in [1.54, 1.807) is 0 Å². The quantitative estimate of drug-likeness (QED) is 0.349. The topological polar surface area (TPSA) is 177 Å². The van der Waals surface area contributed by atoms with E-state index < -0.39 is 38.1 Å². The molecule has 0 radical (unpaired) electrons. The van der Waals surface area contributed by atoms with Crippen molar-refractivity contribution < 1.29 is 51.8 Å². The second-order valence-corrected chi connectivity index (χ2v) is 8.58. The molecule has 15 heteroatoms. The molecule has 0 bridgehead atoms. The molecule has 2 rings (SSSR count). The van der Waals surface area contributed by atoms with Gasteiger partial charge in [-0.25, -0.2) is 33.0 Å². The molecule has 0 unspecified atom stereocenters. The van der Waals surface area contributed by atoms with Crippen LogP contribution in [0.2, 0.25) is 0 Å². The van der Waals surface area contributed by atoms with E-state index in [0.717, 1.165) is 41.7 Å². The minimum Gasteiger partial charge on any atom is -0.508 e. The molecule has 1 amide bonds. The highest BCUT2D eigenvalue weighted by Crippen LogP contribution is 2.17. The van der Waals surface area contributed by atoms with E-state index in [1.165, 1.54) is 27.3 Å². The van der Waals surface area contributed by atoms with Crippen LogP contribution in [0.5, 0.6) is 11.5 Å². The van der Waals surface area contributed by atoms with E-state index in [9.17, 15) is 26.8 Å². The molecule has 33 heavy (non-hydrogen) atoms. The first-order valence-corrected chi connectivity index (χ1v) is 11.0. The van der Waals surface area contributed by atoms with Crippen LogP contribution in [-0.2, 0) is 18.7 Å². The van der Waals surface area contributed by atoms with Gasteiger partial charge in [-0.1, -0.05) is 0 Å². The van der Waals surface area contributed by atoms with Crippen molar-refractivity contribution in [3.8, 4) is 11.5 Å². The lowest BCUT2D eigenvalue weighted by Crippen LogP contribution is -2.26. The number of amides is 1. The van der Waals surface area contributed by atoms with Gasteiger partial charge in [0.05, 0.1) is 31.6 Å². The summed E-state index contributed by atoms with van der Waals surface area (Å²) in [6, 6.07) is 6.08. The Morgan fingerprint density at radius 3 is 1.64 bits per heavy atom. The molecule has 0 atom stereocenters. The third kappa shape index (κ3) is 15.4. The van der Waals surface area contributed by atoms with E-state index in [-0.39, 0.29) is 17.1 Å². The normalized spacial score (nSPS) is 9.70. The maximum absolute atomic E-state index is 13.1. The molecule has 0 aliphatic rings. The third-order valence-electron chi connectivity index (χ3n) is 2.92. The highest BCUT2D eigenvalue weighted by molar-refractivity contribution is 8.13. The van der Waals surface area contributed by atoms with Crippen molar-refractivity contribution >= 4 is 31.6 Å². The molecule has 0 aliphatic heterocycles. The minimum absolute atomic E-state index is 0.167. The van der Waals surface area contributed by atoms with Gasteiger partial charge in [0.15, 0.2) is 0 Å². The van der Waals surface area contributed by atoms with Gasteiger partial charge < -0.3 is 20.2 Å². The van der Waals surface area contributed by atoms with E-state index in [4.69, 9.17) is 15.3 Å². The van der Waals surface area contributed by atoms with Gasteiger partial charge in [0, 0.05) is 17.7 Å². The van der Waals surface area contributed by atoms with Crippen molar-refractivity contribution in [1.29, 1.82) is 0 Å². The molecular formula is C18H23ClF2N2O9S. The van der Waals surface area contributed by atoms with Crippen LogP contribution < -0.4 is 5.90 Å². The highest BCUT2D eigenvalue weighted by Gasteiger charge is 2.16. The van der Waals surface area contributed by atoms with E-state index in [0.29, 0.717) is 0 Å². The van der Waals surface area contributed by atoms with Crippen molar-refractivity contribution in [2.24, 2.45) is 5.90 Å². The van der Waals surface area contributed by atoms with Crippen LogP contribution in [0.15, 0.2) is 36.4 Å². The number of rotatable bonds is 3. The summed E-state index contributed by atoms with van der Waals surface area (Å²) in [5.41, 5.74) is -0.751. The Morgan fingerprint density at radius 2 is 1.33 bits per heavy atom. The van der Waals surface area contributed by atoms with Crippen LogP contribution in [0, 0.1) is 11.6 Å². The molecule has 0 saturated carbocycles. The number of hydroxylamine groups is 2. The van der Waals surface area contributed by atoms with Gasteiger partial charge in [0.1, 0.15) is 23.1 Å². The van der Waals surface area contributed by atoms with Gasteiger partial charge in [0.25, 0.3) is 5.91 Å². The number of aromatic hydroxyl groups is 2. The van der Waals surface area contributed by atoms with E-state index in [2.05, 4.69) is 26.3 Å². The molecule has 0 aliphatic carbocycles. The van der Waals surface area contributed by atoms with Crippen LogP contribution in [0.1, 0.15) is 20.7 Å². The van der Waals surface area contributed by atoms with E-state index >= 15 is 0 Å². The number of benzene rings is 2. The molecule has 5 N–H and O–H groups in total. The number of carboxylic acid groups (broad SMARTS) is 1. The van der Waals surface area contributed by atoms with Gasteiger partial charge in [0.2, 0.25) is 9.05 Å². The number of phenols is 2. The molecule has 0 saturated heterocycles. The summed E-state index contributed by atoms with van der Waals surface area (Å²) in [5, 5.41) is 27.0. The molecule has 2 aromatic carbocycles. The van der Waals surface area contributed by atoms with Crippen LogP contribution in [0.3, 0.4) is 0 Å². The molecule has 186 valence electrons. The van der Waals surface area contributed by atoms with Crippen LogP contribution in [0.25, 0.3) is 0 Å². The maximum Gasteiger partial charge on any atom is 0.338 e. The summed E-state index contributed by atoms with van der Waals surface area (Å²) in [6.07, 6.45) is 0.925.